The molecule has 1 aliphatic heterocycles. The monoisotopic (exact) mass is 297 g/mol. The van der Waals surface area contributed by atoms with Gasteiger partial charge in [-0.3, -0.25) is 10.0 Å². The molecule has 0 saturated heterocycles. The van der Waals surface area contributed by atoms with Gasteiger partial charge in [-0.15, -0.1) is 6.58 Å². The SMILES string of the molecule is C=CCC1C(=O)C(C(=O)O)N(O)c2ccc3ccccc3c21. The number of allylic oxidation sites excluding steroid dienone is 1. The topological polar surface area (TPSA) is 77.8 Å². The van der Waals surface area contributed by atoms with E-state index in [9.17, 15) is 19.9 Å². The predicted octanol–water partition coefficient (Wildman–Crippen LogP) is 2.73. The fraction of sp³-hybridized carbons (Fsp3) is 0.176. The molecule has 112 valence electrons. The van der Waals surface area contributed by atoms with Crippen molar-refractivity contribution >= 4 is 28.2 Å². The molecule has 2 atom stereocenters. The lowest BCUT2D eigenvalue weighted by Gasteiger charge is -2.35. The third-order valence-corrected chi connectivity index (χ3v) is 4.04. The normalized spacial score (nSPS) is 20.8. The van der Waals surface area contributed by atoms with E-state index < -0.39 is 23.7 Å². The molecule has 0 radical (unpaired) electrons. The maximum atomic E-state index is 12.5. The first-order valence-corrected chi connectivity index (χ1v) is 6.93. The first-order valence-electron chi connectivity index (χ1n) is 6.93. The molecule has 5 heteroatoms. The van der Waals surface area contributed by atoms with Crippen molar-refractivity contribution in [3.63, 3.8) is 0 Å². The van der Waals surface area contributed by atoms with E-state index in [1.165, 1.54) is 0 Å². The third-order valence-electron chi connectivity index (χ3n) is 4.04. The Bertz CT molecular complexity index is 783. The molecule has 2 N–H and O–H groups in total. The number of hydrogen-bond acceptors (Lipinski definition) is 4. The molecule has 0 amide bonds. The molecule has 0 aromatic heterocycles. The second-order valence-corrected chi connectivity index (χ2v) is 5.28. The van der Waals surface area contributed by atoms with Crippen molar-refractivity contribution in [2.24, 2.45) is 0 Å². The van der Waals surface area contributed by atoms with Gasteiger partial charge in [0.2, 0.25) is 6.04 Å². The van der Waals surface area contributed by atoms with Crippen LogP contribution >= 0.6 is 0 Å². The number of ketones is 1. The largest absolute Gasteiger partial charge is 0.479 e. The molecular formula is C17H15NO4. The van der Waals surface area contributed by atoms with E-state index in [4.69, 9.17) is 0 Å². The molecule has 2 unspecified atom stereocenters. The zero-order valence-corrected chi connectivity index (χ0v) is 11.8. The van der Waals surface area contributed by atoms with Crippen molar-refractivity contribution in [2.75, 3.05) is 5.06 Å². The van der Waals surface area contributed by atoms with Gasteiger partial charge in [-0.05, 0) is 28.8 Å². The van der Waals surface area contributed by atoms with Gasteiger partial charge in [0, 0.05) is 0 Å². The van der Waals surface area contributed by atoms with Gasteiger partial charge in [0.15, 0.2) is 5.78 Å². The van der Waals surface area contributed by atoms with Crippen molar-refractivity contribution in [1.29, 1.82) is 0 Å². The number of carbonyl (C=O) groups excluding carboxylic acids is 1. The average Bonchev–Trinajstić information content (AvgIpc) is 2.50. The fourth-order valence-electron chi connectivity index (χ4n) is 3.07. The van der Waals surface area contributed by atoms with Gasteiger partial charge in [-0.2, -0.15) is 0 Å². The smallest absolute Gasteiger partial charge is 0.336 e. The van der Waals surface area contributed by atoms with E-state index in [1.54, 1.807) is 18.2 Å². The summed E-state index contributed by atoms with van der Waals surface area (Å²) in [6.07, 6.45) is 1.93. The van der Waals surface area contributed by atoms with Gasteiger partial charge < -0.3 is 5.11 Å². The Morgan fingerprint density at radius 3 is 2.68 bits per heavy atom. The number of Topliss-reactive ketones (excluding diaryl/α,β-unsaturated/α-hetero) is 1. The van der Waals surface area contributed by atoms with Crippen LogP contribution in [-0.2, 0) is 9.59 Å². The molecule has 3 rings (SSSR count). The Morgan fingerprint density at radius 1 is 1.27 bits per heavy atom. The highest BCUT2D eigenvalue weighted by molar-refractivity contribution is 6.12. The minimum atomic E-state index is -1.58. The lowest BCUT2D eigenvalue weighted by Crippen LogP contribution is -2.50. The summed E-state index contributed by atoms with van der Waals surface area (Å²) >= 11 is 0. The van der Waals surface area contributed by atoms with Crippen LogP contribution in [0.2, 0.25) is 0 Å². The molecule has 0 spiro atoms. The van der Waals surface area contributed by atoms with Crippen LogP contribution in [0.4, 0.5) is 5.69 Å². The van der Waals surface area contributed by atoms with E-state index in [1.807, 2.05) is 24.3 Å². The Labute approximate surface area is 127 Å². The van der Waals surface area contributed by atoms with Crippen molar-refractivity contribution in [3.8, 4) is 0 Å². The molecule has 0 aliphatic carbocycles. The number of hydrogen-bond donors (Lipinski definition) is 2. The number of carboxylic acid groups (broad SMARTS) is 1. The first-order chi connectivity index (χ1) is 10.6. The quantitative estimate of drug-likeness (QED) is 0.673. The average molecular weight is 297 g/mol. The van der Waals surface area contributed by atoms with Crippen LogP contribution in [0.15, 0.2) is 49.1 Å². The van der Waals surface area contributed by atoms with E-state index >= 15 is 0 Å². The molecular weight excluding hydrogens is 282 g/mol. The number of anilines is 1. The maximum Gasteiger partial charge on any atom is 0.336 e. The minimum absolute atomic E-state index is 0.331. The maximum absolute atomic E-state index is 12.5. The molecule has 2 aromatic carbocycles. The van der Waals surface area contributed by atoms with Crippen LogP contribution in [0, 0.1) is 0 Å². The Balaban J connectivity index is 2.31. The molecule has 1 aliphatic rings. The summed E-state index contributed by atoms with van der Waals surface area (Å²) in [5.74, 6) is -2.51. The lowest BCUT2D eigenvalue weighted by atomic mass is 9.80. The number of carbonyl (C=O) groups is 2. The van der Waals surface area contributed by atoms with Gasteiger partial charge in [0.25, 0.3) is 0 Å². The summed E-state index contributed by atoms with van der Waals surface area (Å²) < 4.78 is 0. The van der Waals surface area contributed by atoms with Crippen LogP contribution in [0.25, 0.3) is 10.8 Å². The minimum Gasteiger partial charge on any atom is -0.479 e. The molecule has 0 fully saturated rings. The number of nitrogens with zero attached hydrogens (tertiary/aromatic N) is 1. The zero-order valence-electron chi connectivity index (χ0n) is 11.8. The predicted molar refractivity (Wildman–Crippen MR) is 82.2 cm³/mol. The molecule has 1 heterocycles. The molecule has 0 saturated carbocycles. The van der Waals surface area contributed by atoms with E-state index in [0.717, 1.165) is 10.8 Å². The van der Waals surface area contributed by atoms with E-state index in [2.05, 4.69) is 6.58 Å². The lowest BCUT2D eigenvalue weighted by molar-refractivity contribution is -0.145. The summed E-state index contributed by atoms with van der Waals surface area (Å²) in [5.41, 5.74) is 1.01. The van der Waals surface area contributed by atoms with Crippen LogP contribution in [0.5, 0.6) is 0 Å². The van der Waals surface area contributed by atoms with Gasteiger partial charge in [0.05, 0.1) is 11.6 Å². The Morgan fingerprint density at radius 2 is 2.00 bits per heavy atom. The van der Waals surface area contributed by atoms with E-state index in [-0.39, 0.29) is 0 Å². The first kappa shape index (κ1) is 14.3. The summed E-state index contributed by atoms with van der Waals surface area (Å²) in [5, 5.41) is 21.8. The zero-order chi connectivity index (χ0) is 15.9. The number of carboxylic acids is 1. The number of rotatable bonds is 3. The summed E-state index contributed by atoms with van der Waals surface area (Å²) in [4.78, 5) is 23.9. The van der Waals surface area contributed by atoms with Crippen molar-refractivity contribution in [2.45, 2.75) is 18.4 Å². The number of fused-ring (bicyclic) bond motifs is 3. The summed E-state index contributed by atoms with van der Waals surface area (Å²) in [7, 11) is 0. The van der Waals surface area contributed by atoms with E-state index in [0.29, 0.717) is 22.7 Å². The van der Waals surface area contributed by atoms with Gasteiger partial charge >= 0.3 is 5.97 Å². The van der Waals surface area contributed by atoms with Crippen LogP contribution in [0.1, 0.15) is 17.9 Å². The number of aliphatic carboxylic acids is 1. The standard InChI is InChI=1S/C17H15NO4/c1-2-5-12-14-11-7-4-3-6-10(11)8-9-13(14)18(22)15(16(12)19)17(20)21/h2-4,6-9,12,15,22H,1,5H2,(H,20,21). The Kier molecular flexibility index (Phi) is 3.42. The third kappa shape index (κ3) is 1.98. The second kappa shape index (κ2) is 5.27. The van der Waals surface area contributed by atoms with Gasteiger partial charge in [0.1, 0.15) is 0 Å². The second-order valence-electron chi connectivity index (χ2n) is 5.28. The number of benzene rings is 2. The molecule has 22 heavy (non-hydrogen) atoms. The highest BCUT2D eigenvalue weighted by atomic mass is 16.5. The van der Waals surface area contributed by atoms with Crippen LogP contribution in [0.3, 0.4) is 0 Å². The molecule has 5 nitrogen and oxygen atoms in total. The highest BCUT2D eigenvalue weighted by Crippen LogP contribution is 2.41. The Hall–Kier alpha value is -2.66. The van der Waals surface area contributed by atoms with Crippen LogP contribution < -0.4 is 5.06 Å². The van der Waals surface area contributed by atoms with Crippen molar-refractivity contribution in [3.05, 3.63) is 54.6 Å². The van der Waals surface area contributed by atoms with Crippen molar-refractivity contribution < 1.29 is 19.9 Å². The molecule has 0 bridgehead atoms. The van der Waals surface area contributed by atoms with Gasteiger partial charge in [-0.25, -0.2) is 9.86 Å². The molecule has 2 aromatic rings. The number of hydroxylamine groups is 1. The summed E-state index contributed by atoms with van der Waals surface area (Å²) in [6, 6.07) is 9.39. The van der Waals surface area contributed by atoms with Gasteiger partial charge in [-0.1, -0.05) is 36.4 Å². The van der Waals surface area contributed by atoms with Crippen LogP contribution in [-0.4, -0.2) is 28.1 Å². The van der Waals surface area contributed by atoms with Crippen molar-refractivity contribution in [1.82, 2.24) is 0 Å². The summed E-state index contributed by atoms with van der Waals surface area (Å²) in [6.45, 7) is 3.66. The fourth-order valence-corrected chi connectivity index (χ4v) is 3.07. The highest BCUT2D eigenvalue weighted by Gasteiger charge is 2.44.